The van der Waals surface area contributed by atoms with Gasteiger partial charge in [0.15, 0.2) is 0 Å². The van der Waals surface area contributed by atoms with Gasteiger partial charge in [0.1, 0.15) is 0 Å². The first-order valence-electron chi connectivity index (χ1n) is 4.31. The first kappa shape index (κ1) is 9.74. The third kappa shape index (κ3) is 3.25. The van der Waals surface area contributed by atoms with Gasteiger partial charge in [-0.05, 0) is 20.3 Å². The molecule has 3 heteroatoms. The van der Waals surface area contributed by atoms with Crippen molar-refractivity contribution < 1.29 is 0 Å². The lowest BCUT2D eigenvalue weighted by atomic mass is 10.3. The summed E-state index contributed by atoms with van der Waals surface area (Å²) in [7, 11) is 0. The van der Waals surface area contributed by atoms with Gasteiger partial charge < -0.3 is 5.32 Å². The van der Waals surface area contributed by atoms with Crippen molar-refractivity contribution in [1.82, 2.24) is 10.2 Å². The van der Waals surface area contributed by atoms with Crippen LogP contribution < -0.4 is 5.32 Å². The highest BCUT2D eigenvalue weighted by Crippen LogP contribution is 2.09. The van der Waals surface area contributed by atoms with E-state index in [1.165, 1.54) is 19.5 Å². The molecular formula is C8H17IN2. The lowest BCUT2D eigenvalue weighted by molar-refractivity contribution is 0.237. The van der Waals surface area contributed by atoms with Crippen LogP contribution in [0.3, 0.4) is 0 Å². The predicted octanol–water partition coefficient (Wildman–Crippen LogP) is 1.45. The van der Waals surface area contributed by atoms with Gasteiger partial charge in [-0.2, -0.15) is 0 Å². The van der Waals surface area contributed by atoms with Crippen LogP contribution >= 0.6 is 22.6 Å². The Morgan fingerprint density at radius 1 is 1.45 bits per heavy atom. The quantitative estimate of drug-likeness (QED) is 0.440. The minimum atomic E-state index is 0.677. The fourth-order valence-corrected chi connectivity index (χ4v) is 1.96. The van der Waals surface area contributed by atoms with Crippen molar-refractivity contribution in [1.29, 1.82) is 0 Å². The summed E-state index contributed by atoms with van der Waals surface area (Å²) >= 11 is 2.48. The van der Waals surface area contributed by atoms with Gasteiger partial charge in [0.25, 0.3) is 0 Å². The predicted molar refractivity (Wildman–Crippen MR) is 57.1 cm³/mol. The summed E-state index contributed by atoms with van der Waals surface area (Å²) in [6, 6.07) is 0.707. The second-order valence-electron chi connectivity index (χ2n) is 3.34. The van der Waals surface area contributed by atoms with E-state index >= 15 is 0 Å². The molecule has 0 aromatic heterocycles. The second kappa shape index (κ2) is 4.62. The van der Waals surface area contributed by atoms with Crippen molar-refractivity contribution >= 4 is 22.6 Å². The average molecular weight is 268 g/mol. The molecule has 0 amide bonds. The zero-order valence-electron chi connectivity index (χ0n) is 7.31. The van der Waals surface area contributed by atoms with E-state index in [0.717, 1.165) is 6.54 Å². The molecule has 0 spiro atoms. The molecule has 1 aliphatic rings. The van der Waals surface area contributed by atoms with Crippen LogP contribution in [0.5, 0.6) is 0 Å². The largest absolute Gasteiger partial charge is 0.304 e. The zero-order chi connectivity index (χ0) is 8.27. The summed E-state index contributed by atoms with van der Waals surface area (Å²) in [5.74, 6) is 0. The van der Waals surface area contributed by atoms with Gasteiger partial charge in [-0.25, -0.2) is 0 Å². The van der Waals surface area contributed by atoms with Gasteiger partial charge in [0.05, 0.1) is 4.05 Å². The maximum Gasteiger partial charge on any atom is 0.0606 e. The number of rotatable bonds is 1. The molecule has 1 N–H and O–H groups in total. The summed E-state index contributed by atoms with van der Waals surface area (Å²) in [4.78, 5) is 2.53. The van der Waals surface area contributed by atoms with Crippen LogP contribution in [-0.4, -0.2) is 34.6 Å². The van der Waals surface area contributed by atoms with Crippen molar-refractivity contribution in [3.05, 3.63) is 0 Å². The molecule has 2 nitrogen and oxygen atoms in total. The van der Waals surface area contributed by atoms with Crippen molar-refractivity contribution in [3.8, 4) is 0 Å². The van der Waals surface area contributed by atoms with Crippen molar-refractivity contribution in [3.63, 3.8) is 0 Å². The number of alkyl halides is 1. The maximum atomic E-state index is 3.47. The highest BCUT2D eigenvalue weighted by atomic mass is 127. The van der Waals surface area contributed by atoms with E-state index in [1.54, 1.807) is 0 Å². The maximum absolute atomic E-state index is 3.47. The Hall–Kier alpha value is 0.650. The van der Waals surface area contributed by atoms with Crippen LogP contribution in [0.1, 0.15) is 20.3 Å². The number of halogens is 1. The van der Waals surface area contributed by atoms with Gasteiger partial charge in [-0.3, -0.25) is 4.90 Å². The van der Waals surface area contributed by atoms with Gasteiger partial charge in [0.2, 0.25) is 0 Å². The van der Waals surface area contributed by atoms with Crippen LogP contribution in [0.2, 0.25) is 0 Å². The lowest BCUT2D eigenvalue weighted by Gasteiger charge is -2.23. The molecule has 1 saturated heterocycles. The normalized spacial score (nSPS) is 28.9. The van der Waals surface area contributed by atoms with Gasteiger partial charge in [-0.1, -0.05) is 22.6 Å². The number of hydrogen-bond acceptors (Lipinski definition) is 2. The molecule has 1 rings (SSSR count). The standard InChI is InChI=1S/C8H17IN2/c1-7(2)11-5-3-8(9)10-4-6-11/h7-8,10H,3-6H2,1-2H3. The molecule has 0 aromatic carbocycles. The zero-order valence-corrected chi connectivity index (χ0v) is 9.47. The Morgan fingerprint density at radius 3 is 2.82 bits per heavy atom. The molecule has 0 radical (unpaired) electrons. The van der Waals surface area contributed by atoms with Gasteiger partial charge >= 0.3 is 0 Å². The molecule has 66 valence electrons. The Kier molecular flexibility index (Phi) is 4.09. The van der Waals surface area contributed by atoms with E-state index in [2.05, 4.69) is 46.7 Å². The fraction of sp³-hybridized carbons (Fsp3) is 1.00. The van der Waals surface area contributed by atoms with E-state index in [4.69, 9.17) is 0 Å². The molecule has 1 aliphatic heterocycles. The van der Waals surface area contributed by atoms with Crippen LogP contribution in [-0.2, 0) is 0 Å². The topological polar surface area (TPSA) is 15.3 Å². The molecule has 1 unspecified atom stereocenters. The molecule has 1 atom stereocenters. The Morgan fingerprint density at radius 2 is 2.18 bits per heavy atom. The van der Waals surface area contributed by atoms with Crippen molar-refractivity contribution in [2.24, 2.45) is 0 Å². The third-order valence-corrected chi connectivity index (χ3v) is 3.23. The van der Waals surface area contributed by atoms with Gasteiger partial charge in [0, 0.05) is 25.7 Å². The summed E-state index contributed by atoms with van der Waals surface area (Å²) in [5.41, 5.74) is 0. The Balaban J connectivity index is 2.34. The van der Waals surface area contributed by atoms with E-state index in [0.29, 0.717) is 10.1 Å². The smallest absolute Gasteiger partial charge is 0.0606 e. The molecular weight excluding hydrogens is 251 g/mol. The summed E-state index contributed by atoms with van der Waals surface area (Å²) < 4.78 is 0.677. The number of hydrogen-bond donors (Lipinski definition) is 1. The lowest BCUT2D eigenvalue weighted by Crippen LogP contribution is -2.33. The third-order valence-electron chi connectivity index (χ3n) is 2.16. The van der Waals surface area contributed by atoms with Crippen molar-refractivity contribution in [2.75, 3.05) is 19.6 Å². The van der Waals surface area contributed by atoms with Crippen LogP contribution in [0, 0.1) is 0 Å². The first-order valence-corrected chi connectivity index (χ1v) is 5.56. The number of nitrogens with zero attached hydrogens (tertiary/aromatic N) is 1. The summed E-state index contributed by atoms with van der Waals surface area (Å²) in [6.45, 7) is 8.14. The minimum absolute atomic E-state index is 0.677. The van der Waals surface area contributed by atoms with E-state index in [9.17, 15) is 0 Å². The number of nitrogens with one attached hydrogen (secondary N) is 1. The average Bonchev–Trinajstić information content (AvgIpc) is 2.13. The molecule has 11 heavy (non-hydrogen) atoms. The monoisotopic (exact) mass is 268 g/mol. The van der Waals surface area contributed by atoms with Crippen LogP contribution in [0.4, 0.5) is 0 Å². The second-order valence-corrected chi connectivity index (χ2v) is 4.84. The fourth-order valence-electron chi connectivity index (χ4n) is 1.37. The van der Waals surface area contributed by atoms with E-state index < -0.39 is 0 Å². The molecule has 0 aromatic rings. The molecule has 0 aliphatic carbocycles. The van der Waals surface area contributed by atoms with Crippen LogP contribution in [0.15, 0.2) is 0 Å². The van der Waals surface area contributed by atoms with E-state index in [-0.39, 0.29) is 0 Å². The SMILES string of the molecule is CC(C)N1CCNC(I)CC1. The Labute approximate surface area is 82.9 Å². The van der Waals surface area contributed by atoms with E-state index in [1.807, 2.05) is 0 Å². The molecule has 0 bridgehead atoms. The highest BCUT2D eigenvalue weighted by molar-refractivity contribution is 14.1. The van der Waals surface area contributed by atoms with Crippen LogP contribution in [0.25, 0.3) is 0 Å². The molecule has 1 heterocycles. The summed E-state index contributed by atoms with van der Waals surface area (Å²) in [5, 5.41) is 3.47. The highest BCUT2D eigenvalue weighted by Gasteiger charge is 2.15. The molecule has 0 saturated carbocycles. The van der Waals surface area contributed by atoms with Gasteiger partial charge in [-0.15, -0.1) is 0 Å². The minimum Gasteiger partial charge on any atom is -0.304 e. The first-order chi connectivity index (χ1) is 5.20. The van der Waals surface area contributed by atoms with Crippen molar-refractivity contribution in [2.45, 2.75) is 30.4 Å². The summed E-state index contributed by atoms with van der Waals surface area (Å²) in [6.07, 6.45) is 1.28. The Bertz CT molecular complexity index is 117. The molecule has 1 fully saturated rings.